The third kappa shape index (κ3) is 3.39. The third-order valence-electron chi connectivity index (χ3n) is 4.80. The molecule has 0 saturated carbocycles. The molecule has 4 rings (SSSR count). The van der Waals surface area contributed by atoms with Crippen molar-refractivity contribution in [1.29, 1.82) is 0 Å². The highest BCUT2D eigenvalue weighted by Crippen LogP contribution is 2.27. The summed E-state index contributed by atoms with van der Waals surface area (Å²) in [5.74, 6) is 3.20. The van der Waals surface area contributed by atoms with Gasteiger partial charge in [-0.15, -0.1) is 0 Å². The number of fused-ring (bicyclic) bond motifs is 1. The molecule has 1 aromatic heterocycles. The van der Waals surface area contributed by atoms with E-state index in [0.717, 1.165) is 44.1 Å². The molecular formula is C18H23N3O2. The van der Waals surface area contributed by atoms with Gasteiger partial charge in [-0.25, -0.2) is 0 Å². The average molecular weight is 313 g/mol. The Kier molecular flexibility index (Phi) is 4.04. The number of hydrogen-bond acceptors (Lipinski definition) is 5. The molecule has 2 aliphatic heterocycles. The summed E-state index contributed by atoms with van der Waals surface area (Å²) in [4.78, 5) is 6.90. The zero-order valence-electron chi connectivity index (χ0n) is 13.6. The Labute approximate surface area is 136 Å². The Morgan fingerprint density at radius 3 is 3.17 bits per heavy atom. The standard InChI is InChI=1S/C18H23N3O2/c1-13-19-18(20-23-13)10-14-3-2-7-21(11-14)12-15-4-5-17-16(9-15)6-8-22-17/h4-5,9,14H,2-3,6-8,10-12H2,1H3. The number of aryl methyl sites for hydroxylation is 1. The van der Waals surface area contributed by atoms with Crippen LogP contribution in [0.15, 0.2) is 22.7 Å². The number of likely N-dealkylation sites (tertiary alicyclic amines) is 1. The number of nitrogens with zero attached hydrogens (tertiary/aromatic N) is 3. The zero-order chi connectivity index (χ0) is 15.6. The van der Waals surface area contributed by atoms with Crippen molar-refractivity contribution >= 4 is 0 Å². The predicted octanol–water partition coefficient (Wildman–Crippen LogP) is 2.77. The molecule has 0 radical (unpaired) electrons. The molecule has 0 amide bonds. The Morgan fingerprint density at radius 1 is 1.35 bits per heavy atom. The van der Waals surface area contributed by atoms with E-state index in [9.17, 15) is 0 Å². The van der Waals surface area contributed by atoms with Crippen LogP contribution >= 0.6 is 0 Å². The second-order valence-electron chi connectivity index (χ2n) is 6.72. The lowest BCUT2D eigenvalue weighted by Crippen LogP contribution is -2.35. The molecule has 3 heterocycles. The fourth-order valence-corrected chi connectivity index (χ4v) is 3.74. The molecule has 0 N–H and O–H groups in total. The van der Waals surface area contributed by atoms with Gasteiger partial charge >= 0.3 is 0 Å². The van der Waals surface area contributed by atoms with Crippen LogP contribution in [0.4, 0.5) is 0 Å². The van der Waals surface area contributed by atoms with Crippen molar-refractivity contribution in [2.75, 3.05) is 19.7 Å². The van der Waals surface area contributed by atoms with Crippen LogP contribution in [0.1, 0.15) is 35.7 Å². The van der Waals surface area contributed by atoms with Crippen molar-refractivity contribution in [1.82, 2.24) is 15.0 Å². The minimum Gasteiger partial charge on any atom is -0.493 e. The lowest BCUT2D eigenvalue weighted by Gasteiger charge is -2.32. The van der Waals surface area contributed by atoms with Gasteiger partial charge in [-0.3, -0.25) is 4.90 Å². The van der Waals surface area contributed by atoms with Crippen molar-refractivity contribution in [3.05, 3.63) is 41.0 Å². The highest BCUT2D eigenvalue weighted by molar-refractivity contribution is 5.39. The highest BCUT2D eigenvalue weighted by Gasteiger charge is 2.22. The molecule has 2 aromatic rings. The van der Waals surface area contributed by atoms with E-state index in [1.54, 1.807) is 0 Å². The molecule has 5 nitrogen and oxygen atoms in total. The van der Waals surface area contributed by atoms with Crippen molar-refractivity contribution in [2.45, 2.75) is 39.2 Å². The first-order chi connectivity index (χ1) is 11.3. The van der Waals surface area contributed by atoms with Gasteiger partial charge in [0, 0.05) is 32.9 Å². The smallest absolute Gasteiger partial charge is 0.223 e. The number of hydrogen-bond donors (Lipinski definition) is 0. The van der Waals surface area contributed by atoms with E-state index in [4.69, 9.17) is 9.26 Å². The Hall–Kier alpha value is -1.88. The fraction of sp³-hybridized carbons (Fsp3) is 0.556. The van der Waals surface area contributed by atoms with Gasteiger partial charge in [0.15, 0.2) is 5.82 Å². The molecule has 0 spiro atoms. The molecule has 1 unspecified atom stereocenters. The van der Waals surface area contributed by atoms with Crippen LogP contribution in [-0.4, -0.2) is 34.7 Å². The highest BCUT2D eigenvalue weighted by atomic mass is 16.5. The number of benzene rings is 1. The Bertz CT molecular complexity index is 683. The number of aromatic nitrogens is 2. The van der Waals surface area contributed by atoms with Gasteiger partial charge in [0.05, 0.1) is 6.61 Å². The SMILES string of the molecule is Cc1nc(CC2CCCN(Cc3ccc4c(c3)CCO4)C2)no1. The van der Waals surface area contributed by atoms with Crippen LogP contribution in [0.3, 0.4) is 0 Å². The molecule has 1 atom stereocenters. The second-order valence-corrected chi connectivity index (χ2v) is 6.72. The lowest BCUT2D eigenvalue weighted by atomic mass is 9.94. The lowest BCUT2D eigenvalue weighted by molar-refractivity contribution is 0.165. The molecule has 1 fully saturated rings. The van der Waals surface area contributed by atoms with Gasteiger partial charge in [0.1, 0.15) is 5.75 Å². The molecule has 1 aromatic carbocycles. The normalized spacial score (nSPS) is 21.2. The van der Waals surface area contributed by atoms with Gasteiger partial charge in [0.2, 0.25) is 5.89 Å². The largest absolute Gasteiger partial charge is 0.493 e. The first-order valence-corrected chi connectivity index (χ1v) is 8.52. The minimum absolute atomic E-state index is 0.624. The van der Waals surface area contributed by atoms with E-state index >= 15 is 0 Å². The predicted molar refractivity (Wildman–Crippen MR) is 86.4 cm³/mol. The summed E-state index contributed by atoms with van der Waals surface area (Å²) in [6.07, 6.45) is 4.46. The van der Waals surface area contributed by atoms with Crippen LogP contribution in [0, 0.1) is 12.8 Å². The van der Waals surface area contributed by atoms with E-state index in [-0.39, 0.29) is 0 Å². The van der Waals surface area contributed by atoms with Crippen LogP contribution in [0.25, 0.3) is 0 Å². The maximum atomic E-state index is 5.59. The first kappa shape index (κ1) is 14.7. The molecule has 0 aliphatic carbocycles. The van der Waals surface area contributed by atoms with Crippen LogP contribution in [-0.2, 0) is 19.4 Å². The van der Waals surface area contributed by atoms with Crippen LogP contribution in [0.5, 0.6) is 5.75 Å². The molecule has 5 heteroatoms. The molecule has 1 saturated heterocycles. The maximum absolute atomic E-state index is 5.59. The number of ether oxygens (including phenoxy) is 1. The first-order valence-electron chi connectivity index (χ1n) is 8.52. The summed E-state index contributed by atoms with van der Waals surface area (Å²) >= 11 is 0. The molecule has 0 bridgehead atoms. The number of piperidine rings is 1. The summed E-state index contributed by atoms with van der Waals surface area (Å²) < 4.78 is 10.7. The van der Waals surface area contributed by atoms with Crippen molar-refractivity contribution in [3.63, 3.8) is 0 Å². The van der Waals surface area contributed by atoms with Crippen molar-refractivity contribution < 1.29 is 9.26 Å². The third-order valence-corrected chi connectivity index (χ3v) is 4.80. The Morgan fingerprint density at radius 2 is 2.30 bits per heavy atom. The van der Waals surface area contributed by atoms with Gasteiger partial charge in [-0.1, -0.05) is 17.3 Å². The molecule has 122 valence electrons. The summed E-state index contributed by atoms with van der Waals surface area (Å²) in [5.41, 5.74) is 2.75. The summed E-state index contributed by atoms with van der Waals surface area (Å²) in [7, 11) is 0. The molecule has 23 heavy (non-hydrogen) atoms. The average Bonchev–Trinajstić information content (AvgIpc) is 3.16. The quantitative estimate of drug-likeness (QED) is 0.869. The maximum Gasteiger partial charge on any atom is 0.223 e. The van der Waals surface area contributed by atoms with E-state index in [1.165, 1.54) is 30.5 Å². The summed E-state index contributed by atoms with van der Waals surface area (Å²) in [6, 6.07) is 6.64. The van der Waals surface area contributed by atoms with E-state index in [1.807, 2.05) is 6.92 Å². The van der Waals surface area contributed by atoms with Crippen molar-refractivity contribution in [2.24, 2.45) is 5.92 Å². The van der Waals surface area contributed by atoms with Crippen LogP contribution < -0.4 is 4.74 Å². The monoisotopic (exact) mass is 313 g/mol. The molecular weight excluding hydrogens is 290 g/mol. The second kappa shape index (κ2) is 6.32. The summed E-state index contributed by atoms with van der Waals surface area (Å²) in [5, 5.41) is 4.04. The van der Waals surface area contributed by atoms with E-state index in [0.29, 0.717) is 11.8 Å². The number of rotatable bonds is 4. The minimum atomic E-state index is 0.624. The van der Waals surface area contributed by atoms with E-state index in [2.05, 4.69) is 33.2 Å². The summed E-state index contributed by atoms with van der Waals surface area (Å²) in [6.45, 7) is 5.99. The van der Waals surface area contributed by atoms with Gasteiger partial charge in [0.25, 0.3) is 0 Å². The molecule has 2 aliphatic rings. The zero-order valence-corrected chi connectivity index (χ0v) is 13.6. The van der Waals surface area contributed by atoms with E-state index < -0.39 is 0 Å². The van der Waals surface area contributed by atoms with Gasteiger partial charge < -0.3 is 9.26 Å². The fourth-order valence-electron chi connectivity index (χ4n) is 3.74. The van der Waals surface area contributed by atoms with Crippen molar-refractivity contribution in [3.8, 4) is 5.75 Å². The van der Waals surface area contributed by atoms with Gasteiger partial charge in [-0.05, 0) is 42.5 Å². The Balaban J connectivity index is 1.37. The van der Waals surface area contributed by atoms with Gasteiger partial charge in [-0.2, -0.15) is 4.98 Å². The topological polar surface area (TPSA) is 51.4 Å². The van der Waals surface area contributed by atoms with Crippen LogP contribution in [0.2, 0.25) is 0 Å².